The largest absolute Gasteiger partial charge is 0.424 e. The first-order valence-corrected chi connectivity index (χ1v) is 10.7. The standard InChI is InChI=1S/C15H30ClO3P/c1-2-3-4-5-6-7-8-9-10-11-12-15-13-18-20(16,17)19-14-15/h15H,2-14H2,1H3. The van der Waals surface area contributed by atoms with Crippen molar-refractivity contribution in [3.63, 3.8) is 0 Å². The van der Waals surface area contributed by atoms with Gasteiger partial charge in [0.05, 0.1) is 13.2 Å². The van der Waals surface area contributed by atoms with E-state index in [-0.39, 0.29) is 0 Å². The molecule has 0 spiro atoms. The molecule has 120 valence electrons. The highest BCUT2D eigenvalue weighted by molar-refractivity contribution is 7.81. The molecule has 1 fully saturated rings. The third-order valence-corrected chi connectivity index (χ3v) is 5.40. The van der Waals surface area contributed by atoms with Crippen LogP contribution < -0.4 is 0 Å². The van der Waals surface area contributed by atoms with Crippen molar-refractivity contribution in [3.8, 4) is 0 Å². The highest BCUT2D eigenvalue weighted by atomic mass is 35.7. The van der Waals surface area contributed by atoms with E-state index in [0.717, 1.165) is 6.42 Å². The van der Waals surface area contributed by atoms with Crippen LogP contribution in [0.15, 0.2) is 0 Å². The lowest BCUT2D eigenvalue weighted by Gasteiger charge is -2.25. The number of rotatable bonds is 11. The van der Waals surface area contributed by atoms with Crippen molar-refractivity contribution in [2.24, 2.45) is 5.92 Å². The second-order valence-electron chi connectivity index (χ2n) is 5.86. The van der Waals surface area contributed by atoms with Crippen molar-refractivity contribution in [2.45, 2.75) is 77.6 Å². The lowest BCUT2D eigenvalue weighted by atomic mass is 10.0. The Morgan fingerprint density at radius 1 is 0.900 bits per heavy atom. The predicted molar refractivity (Wildman–Crippen MR) is 85.3 cm³/mol. The van der Waals surface area contributed by atoms with Crippen LogP contribution in [0.25, 0.3) is 0 Å². The van der Waals surface area contributed by atoms with Gasteiger partial charge in [-0.1, -0.05) is 71.1 Å². The minimum absolute atomic E-state index is 0.366. The Balaban J connectivity index is 1.82. The molecule has 0 atom stereocenters. The Labute approximate surface area is 129 Å². The summed E-state index contributed by atoms with van der Waals surface area (Å²) in [4.78, 5) is 0. The first-order valence-electron chi connectivity index (χ1n) is 8.23. The molecule has 0 radical (unpaired) electrons. The Kier molecular flexibility index (Phi) is 10.2. The summed E-state index contributed by atoms with van der Waals surface area (Å²) in [5.74, 6) is 0.366. The first kappa shape index (κ1) is 18.5. The van der Waals surface area contributed by atoms with Crippen LogP contribution in [0, 0.1) is 5.92 Å². The second-order valence-corrected chi connectivity index (χ2v) is 8.48. The highest BCUT2D eigenvalue weighted by Crippen LogP contribution is 2.56. The van der Waals surface area contributed by atoms with E-state index in [1.54, 1.807) is 0 Å². The van der Waals surface area contributed by atoms with Crippen molar-refractivity contribution in [3.05, 3.63) is 0 Å². The lowest BCUT2D eigenvalue weighted by molar-refractivity contribution is 0.0964. The summed E-state index contributed by atoms with van der Waals surface area (Å²) in [5, 5.41) is 0. The van der Waals surface area contributed by atoms with E-state index in [1.807, 2.05) is 0 Å². The zero-order valence-electron chi connectivity index (χ0n) is 12.8. The summed E-state index contributed by atoms with van der Waals surface area (Å²) in [6, 6.07) is 0. The predicted octanol–water partition coefficient (Wildman–Crippen LogP) is 6.31. The minimum atomic E-state index is -3.22. The molecule has 0 amide bonds. The maximum absolute atomic E-state index is 11.2. The molecular formula is C15H30ClO3P. The maximum Gasteiger partial charge on any atom is 0.424 e. The molecule has 1 aliphatic heterocycles. The average molecular weight is 325 g/mol. The molecule has 1 heterocycles. The quantitative estimate of drug-likeness (QED) is 0.330. The molecule has 0 bridgehead atoms. The van der Waals surface area contributed by atoms with Crippen LogP contribution in [-0.4, -0.2) is 13.2 Å². The van der Waals surface area contributed by atoms with Crippen LogP contribution in [0.4, 0.5) is 0 Å². The second kappa shape index (κ2) is 11.1. The van der Waals surface area contributed by atoms with Gasteiger partial charge in [-0.25, -0.2) is 4.57 Å². The number of halogens is 1. The molecule has 1 saturated heterocycles. The first-order chi connectivity index (χ1) is 9.64. The molecule has 3 nitrogen and oxygen atoms in total. The molecule has 0 unspecified atom stereocenters. The monoisotopic (exact) mass is 324 g/mol. The summed E-state index contributed by atoms with van der Waals surface area (Å²) in [6.07, 6.45) is 14.6. The van der Waals surface area contributed by atoms with Gasteiger partial charge in [-0.2, -0.15) is 0 Å². The van der Waals surface area contributed by atoms with Crippen molar-refractivity contribution in [1.82, 2.24) is 0 Å². The average Bonchev–Trinajstić information content (AvgIpc) is 2.42. The van der Waals surface area contributed by atoms with Gasteiger partial charge in [0.2, 0.25) is 0 Å². The third-order valence-electron chi connectivity index (χ3n) is 3.89. The van der Waals surface area contributed by atoms with Gasteiger partial charge in [-0.15, -0.1) is 0 Å². The normalized spacial score (nSPS) is 26.8. The topological polar surface area (TPSA) is 35.5 Å². The molecule has 0 aromatic heterocycles. The Bertz CT molecular complexity index is 274. The van der Waals surface area contributed by atoms with Crippen LogP contribution in [0.1, 0.15) is 77.6 Å². The molecule has 0 aromatic rings. The maximum atomic E-state index is 11.2. The molecule has 20 heavy (non-hydrogen) atoms. The van der Waals surface area contributed by atoms with Gasteiger partial charge < -0.3 is 0 Å². The van der Waals surface area contributed by atoms with Gasteiger partial charge in [0.25, 0.3) is 0 Å². The minimum Gasteiger partial charge on any atom is -0.297 e. The van der Waals surface area contributed by atoms with Crippen LogP contribution in [0.5, 0.6) is 0 Å². The van der Waals surface area contributed by atoms with Crippen molar-refractivity contribution >= 4 is 18.2 Å². The zero-order chi connectivity index (χ0) is 14.7. The molecule has 1 rings (SSSR count). The Hall–Kier alpha value is 0.440. The molecular weight excluding hydrogens is 295 g/mol. The van der Waals surface area contributed by atoms with Crippen LogP contribution >= 0.6 is 18.2 Å². The fraction of sp³-hybridized carbons (Fsp3) is 1.00. The van der Waals surface area contributed by atoms with Gasteiger partial charge >= 0.3 is 6.95 Å². The van der Waals surface area contributed by atoms with E-state index in [1.165, 1.54) is 64.2 Å². The lowest BCUT2D eigenvalue weighted by Crippen LogP contribution is -2.19. The third kappa shape index (κ3) is 9.39. The van der Waals surface area contributed by atoms with E-state index in [4.69, 9.17) is 20.3 Å². The number of unbranched alkanes of at least 4 members (excludes halogenated alkanes) is 9. The van der Waals surface area contributed by atoms with Gasteiger partial charge in [-0.05, 0) is 6.42 Å². The summed E-state index contributed by atoms with van der Waals surface area (Å²) in [6.45, 7) is 0.00938. The summed E-state index contributed by atoms with van der Waals surface area (Å²) in [5.41, 5.74) is 0. The van der Waals surface area contributed by atoms with E-state index in [2.05, 4.69) is 6.92 Å². The van der Waals surface area contributed by atoms with E-state index in [9.17, 15) is 4.57 Å². The van der Waals surface area contributed by atoms with Crippen LogP contribution in [-0.2, 0) is 13.6 Å². The van der Waals surface area contributed by atoms with Crippen molar-refractivity contribution in [1.29, 1.82) is 0 Å². The van der Waals surface area contributed by atoms with E-state index >= 15 is 0 Å². The Morgan fingerprint density at radius 2 is 1.35 bits per heavy atom. The highest BCUT2D eigenvalue weighted by Gasteiger charge is 2.29. The van der Waals surface area contributed by atoms with Crippen molar-refractivity contribution < 1.29 is 13.6 Å². The SMILES string of the molecule is CCCCCCCCCCCCC1COP(=O)(Cl)OC1. The fourth-order valence-electron chi connectivity index (χ4n) is 2.56. The van der Waals surface area contributed by atoms with Crippen LogP contribution in [0.2, 0.25) is 0 Å². The Morgan fingerprint density at radius 3 is 1.85 bits per heavy atom. The van der Waals surface area contributed by atoms with Crippen molar-refractivity contribution in [2.75, 3.05) is 13.2 Å². The van der Waals surface area contributed by atoms with E-state index in [0.29, 0.717) is 19.1 Å². The van der Waals surface area contributed by atoms with E-state index < -0.39 is 6.95 Å². The molecule has 0 aromatic carbocycles. The smallest absolute Gasteiger partial charge is 0.297 e. The number of hydrogen-bond donors (Lipinski definition) is 0. The van der Waals surface area contributed by atoms with Gasteiger partial charge in [0, 0.05) is 17.2 Å². The zero-order valence-corrected chi connectivity index (χ0v) is 14.5. The molecule has 0 saturated carbocycles. The van der Waals surface area contributed by atoms with Crippen LogP contribution in [0.3, 0.4) is 0 Å². The fourth-order valence-corrected chi connectivity index (χ4v) is 3.75. The summed E-state index contributed by atoms with van der Waals surface area (Å²) < 4.78 is 21.3. The number of hydrogen-bond acceptors (Lipinski definition) is 3. The van der Waals surface area contributed by atoms with Gasteiger partial charge in [0.15, 0.2) is 0 Å². The van der Waals surface area contributed by atoms with Gasteiger partial charge in [-0.3, -0.25) is 9.05 Å². The molecule has 0 N–H and O–H groups in total. The summed E-state index contributed by atoms with van der Waals surface area (Å²) in [7, 11) is 0. The molecule has 0 aliphatic carbocycles. The molecule has 1 aliphatic rings. The summed E-state index contributed by atoms with van der Waals surface area (Å²) >= 11 is 5.51. The molecule has 5 heteroatoms. The van der Waals surface area contributed by atoms with Gasteiger partial charge in [0.1, 0.15) is 0 Å².